The van der Waals surface area contributed by atoms with Crippen molar-refractivity contribution in [1.82, 2.24) is 19.5 Å². The van der Waals surface area contributed by atoms with Crippen LogP contribution in [0.25, 0.3) is 0 Å². The van der Waals surface area contributed by atoms with E-state index in [0.29, 0.717) is 11.9 Å². The Hall–Kier alpha value is -1.43. The van der Waals surface area contributed by atoms with E-state index in [1.165, 1.54) is 12.2 Å². The van der Waals surface area contributed by atoms with Gasteiger partial charge in [-0.3, -0.25) is 0 Å². The summed E-state index contributed by atoms with van der Waals surface area (Å²) in [6.45, 7) is 1.93. The summed E-state index contributed by atoms with van der Waals surface area (Å²) < 4.78 is 3.13. The van der Waals surface area contributed by atoms with Gasteiger partial charge < -0.3 is 9.88 Å². The molecule has 2 aromatic heterocycles. The molecule has 0 aliphatic carbocycles. The molecule has 18 heavy (non-hydrogen) atoms. The Labute approximate surface area is 114 Å². The minimum atomic E-state index is 0.610. The van der Waals surface area contributed by atoms with Gasteiger partial charge >= 0.3 is 0 Å². The standard InChI is InChI=1S/C12H14BrN5/c13-10-6-16-12(17-7-10)15-5-9-1-2-11-14-3-4-18(11)8-9/h3-4,6-7,9H,1-2,5,8H2,(H,15,16,17). The first kappa shape index (κ1) is 11.6. The van der Waals surface area contributed by atoms with E-state index in [1.54, 1.807) is 12.4 Å². The van der Waals surface area contributed by atoms with Crippen molar-refractivity contribution in [1.29, 1.82) is 0 Å². The summed E-state index contributed by atoms with van der Waals surface area (Å²) in [7, 11) is 0. The molecule has 0 amide bonds. The quantitative estimate of drug-likeness (QED) is 0.943. The Kier molecular flexibility index (Phi) is 3.27. The summed E-state index contributed by atoms with van der Waals surface area (Å²) >= 11 is 3.32. The zero-order chi connectivity index (χ0) is 12.4. The summed E-state index contributed by atoms with van der Waals surface area (Å²) in [5, 5.41) is 3.29. The van der Waals surface area contributed by atoms with Gasteiger partial charge in [-0.05, 0) is 28.3 Å². The van der Waals surface area contributed by atoms with Gasteiger partial charge in [0.05, 0.1) is 4.47 Å². The van der Waals surface area contributed by atoms with Gasteiger partial charge in [0.25, 0.3) is 0 Å². The number of aryl methyl sites for hydroxylation is 1. The van der Waals surface area contributed by atoms with Crippen molar-refractivity contribution in [2.75, 3.05) is 11.9 Å². The second-order valence-electron chi connectivity index (χ2n) is 4.51. The third-order valence-corrected chi connectivity index (χ3v) is 3.61. The highest BCUT2D eigenvalue weighted by Crippen LogP contribution is 2.18. The van der Waals surface area contributed by atoms with Crippen LogP contribution in [0, 0.1) is 5.92 Å². The molecule has 0 radical (unpaired) electrons. The molecule has 1 atom stereocenters. The summed E-state index contributed by atoms with van der Waals surface area (Å²) in [5.41, 5.74) is 0. The lowest BCUT2D eigenvalue weighted by Crippen LogP contribution is -2.26. The maximum Gasteiger partial charge on any atom is 0.222 e. The van der Waals surface area contributed by atoms with Gasteiger partial charge in [-0.2, -0.15) is 0 Å². The average Bonchev–Trinajstić information content (AvgIpc) is 2.85. The normalized spacial score (nSPS) is 18.4. The highest BCUT2D eigenvalue weighted by Gasteiger charge is 2.18. The monoisotopic (exact) mass is 307 g/mol. The SMILES string of the molecule is Brc1cnc(NCC2CCc3nccn3C2)nc1. The van der Waals surface area contributed by atoms with E-state index >= 15 is 0 Å². The van der Waals surface area contributed by atoms with E-state index in [-0.39, 0.29) is 0 Å². The smallest absolute Gasteiger partial charge is 0.222 e. The number of nitrogens with zero attached hydrogens (tertiary/aromatic N) is 4. The fourth-order valence-electron chi connectivity index (χ4n) is 2.24. The molecule has 1 N–H and O–H groups in total. The summed E-state index contributed by atoms with van der Waals surface area (Å²) in [6, 6.07) is 0. The number of aromatic nitrogens is 4. The first-order valence-electron chi connectivity index (χ1n) is 6.02. The molecule has 3 rings (SSSR count). The van der Waals surface area contributed by atoms with Crippen LogP contribution in [0.5, 0.6) is 0 Å². The van der Waals surface area contributed by atoms with Gasteiger partial charge in [0.1, 0.15) is 5.82 Å². The van der Waals surface area contributed by atoms with Crippen LogP contribution in [0.15, 0.2) is 29.3 Å². The summed E-state index contributed by atoms with van der Waals surface area (Å²) in [5.74, 6) is 2.50. The Balaban J connectivity index is 1.57. The Bertz CT molecular complexity index is 522. The molecule has 0 aromatic carbocycles. The zero-order valence-corrected chi connectivity index (χ0v) is 11.5. The van der Waals surface area contributed by atoms with E-state index in [9.17, 15) is 0 Å². The van der Waals surface area contributed by atoms with E-state index in [4.69, 9.17) is 0 Å². The third kappa shape index (κ3) is 2.53. The van der Waals surface area contributed by atoms with Crippen LogP contribution < -0.4 is 5.32 Å². The van der Waals surface area contributed by atoms with Crippen molar-refractivity contribution in [2.45, 2.75) is 19.4 Å². The number of halogens is 1. The van der Waals surface area contributed by atoms with Crippen molar-refractivity contribution >= 4 is 21.9 Å². The van der Waals surface area contributed by atoms with E-state index in [2.05, 4.69) is 47.0 Å². The second-order valence-corrected chi connectivity index (χ2v) is 5.42. The van der Waals surface area contributed by atoms with Gasteiger partial charge in [0, 0.05) is 44.3 Å². The predicted molar refractivity (Wildman–Crippen MR) is 72.3 cm³/mol. The van der Waals surface area contributed by atoms with Crippen LogP contribution in [0.1, 0.15) is 12.2 Å². The zero-order valence-electron chi connectivity index (χ0n) is 9.88. The highest BCUT2D eigenvalue weighted by molar-refractivity contribution is 9.10. The molecule has 94 valence electrons. The molecule has 6 heteroatoms. The highest BCUT2D eigenvalue weighted by atomic mass is 79.9. The third-order valence-electron chi connectivity index (χ3n) is 3.20. The molecule has 1 unspecified atom stereocenters. The number of fused-ring (bicyclic) bond motifs is 1. The van der Waals surface area contributed by atoms with Crippen LogP contribution in [-0.2, 0) is 13.0 Å². The first-order chi connectivity index (χ1) is 8.81. The minimum absolute atomic E-state index is 0.610. The maximum absolute atomic E-state index is 4.33. The summed E-state index contributed by atoms with van der Waals surface area (Å²) in [6.07, 6.45) is 9.66. The lowest BCUT2D eigenvalue weighted by molar-refractivity contribution is 0.380. The van der Waals surface area contributed by atoms with Crippen molar-refractivity contribution < 1.29 is 0 Å². The van der Waals surface area contributed by atoms with Gasteiger partial charge in [-0.15, -0.1) is 0 Å². The number of nitrogens with one attached hydrogen (secondary N) is 1. The lowest BCUT2D eigenvalue weighted by Gasteiger charge is -2.23. The molecular weight excluding hydrogens is 294 g/mol. The minimum Gasteiger partial charge on any atom is -0.354 e. The molecule has 0 saturated heterocycles. The molecular formula is C12H14BrN5. The van der Waals surface area contributed by atoms with Crippen LogP contribution in [0.2, 0.25) is 0 Å². The summed E-state index contributed by atoms with van der Waals surface area (Å²) in [4.78, 5) is 12.7. The number of hydrogen-bond donors (Lipinski definition) is 1. The van der Waals surface area contributed by atoms with Gasteiger partial charge in [0.15, 0.2) is 0 Å². The largest absolute Gasteiger partial charge is 0.354 e. The van der Waals surface area contributed by atoms with Crippen LogP contribution in [-0.4, -0.2) is 26.1 Å². The molecule has 0 saturated carbocycles. The number of hydrogen-bond acceptors (Lipinski definition) is 4. The Morgan fingerprint density at radius 3 is 3.00 bits per heavy atom. The van der Waals surface area contributed by atoms with Gasteiger partial charge in [0.2, 0.25) is 5.95 Å². The van der Waals surface area contributed by atoms with Crippen LogP contribution in [0.3, 0.4) is 0 Å². The lowest BCUT2D eigenvalue weighted by atomic mass is 9.99. The van der Waals surface area contributed by atoms with Crippen LogP contribution in [0.4, 0.5) is 5.95 Å². The second kappa shape index (κ2) is 5.06. The van der Waals surface area contributed by atoms with Crippen LogP contribution >= 0.6 is 15.9 Å². The topological polar surface area (TPSA) is 55.6 Å². The van der Waals surface area contributed by atoms with Gasteiger partial charge in [-0.1, -0.05) is 0 Å². The van der Waals surface area contributed by atoms with E-state index < -0.39 is 0 Å². The van der Waals surface area contributed by atoms with Crippen molar-refractivity contribution in [3.05, 3.63) is 35.1 Å². The number of anilines is 1. The van der Waals surface area contributed by atoms with Crippen molar-refractivity contribution in [2.24, 2.45) is 5.92 Å². The molecule has 1 aliphatic rings. The number of rotatable bonds is 3. The van der Waals surface area contributed by atoms with Crippen molar-refractivity contribution in [3.8, 4) is 0 Å². The molecule has 0 bridgehead atoms. The molecule has 2 aromatic rings. The predicted octanol–water partition coefficient (Wildman–Crippen LogP) is 2.11. The van der Waals surface area contributed by atoms with Crippen molar-refractivity contribution in [3.63, 3.8) is 0 Å². The molecule has 5 nitrogen and oxygen atoms in total. The molecule has 3 heterocycles. The Morgan fingerprint density at radius 2 is 2.17 bits per heavy atom. The molecule has 0 fully saturated rings. The molecule has 1 aliphatic heterocycles. The molecule has 0 spiro atoms. The maximum atomic E-state index is 4.33. The van der Waals surface area contributed by atoms with Gasteiger partial charge in [-0.25, -0.2) is 15.0 Å². The fraction of sp³-hybridized carbons (Fsp3) is 0.417. The fourth-order valence-corrected chi connectivity index (χ4v) is 2.45. The van der Waals surface area contributed by atoms with E-state index in [1.807, 2.05) is 6.20 Å². The van der Waals surface area contributed by atoms with E-state index in [0.717, 1.165) is 24.0 Å². The Morgan fingerprint density at radius 1 is 1.33 bits per heavy atom. The first-order valence-corrected chi connectivity index (χ1v) is 6.82. The average molecular weight is 308 g/mol. The number of imidazole rings is 1.